The van der Waals surface area contributed by atoms with Crippen LogP contribution in [0.5, 0.6) is 0 Å². The Morgan fingerprint density at radius 1 is 0.844 bits per heavy atom. The molecule has 242 valence electrons. The maximum atomic E-state index is 12.6. The highest BCUT2D eigenvalue weighted by Gasteiger charge is 2.29. The van der Waals surface area contributed by atoms with Gasteiger partial charge >= 0.3 is 11.7 Å². The van der Waals surface area contributed by atoms with Crippen LogP contribution in [0.3, 0.4) is 0 Å². The van der Waals surface area contributed by atoms with Gasteiger partial charge in [0.05, 0.1) is 0 Å². The number of amides is 1. The molecule has 1 aliphatic rings. The number of carbonyl (C=O) groups is 2. The van der Waals surface area contributed by atoms with Gasteiger partial charge in [-0.3, -0.25) is 14.2 Å². The highest BCUT2D eigenvalue weighted by Crippen LogP contribution is 2.31. The Kier molecular flexibility index (Phi) is 15.1. The number of hydrogen-bond donors (Lipinski definition) is 3. The van der Waals surface area contributed by atoms with Crippen molar-refractivity contribution >= 4 is 29.5 Å². The van der Waals surface area contributed by atoms with Gasteiger partial charge in [-0.1, -0.05) is 73.5 Å². The maximum absolute atomic E-state index is 12.6. The highest BCUT2D eigenvalue weighted by atomic mass is 32.2. The number of carbonyl (C=O) groups excluding carboxylic acids is 2. The van der Waals surface area contributed by atoms with E-state index in [0.717, 1.165) is 64.7 Å². The predicted molar refractivity (Wildman–Crippen MR) is 178 cm³/mol. The van der Waals surface area contributed by atoms with E-state index in [1.807, 2.05) is 36.4 Å². The van der Waals surface area contributed by atoms with Crippen LogP contribution < -0.4 is 21.6 Å². The van der Waals surface area contributed by atoms with Crippen LogP contribution in [0.2, 0.25) is 0 Å². The fraction of sp³-hybridized carbons (Fsp3) is 0.471. The Hall–Kier alpha value is -3.51. The van der Waals surface area contributed by atoms with Crippen LogP contribution in [0, 0.1) is 0 Å². The average molecular weight is 636 g/mol. The van der Waals surface area contributed by atoms with Crippen molar-refractivity contribution in [2.45, 2.75) is 76.1 Å². The lowest BCUT2D eigenvalue weighted by Crippen LogP contribution is -2.29. The van der Waals surface area contributed by atoms with Gasteiger partial charge in [0, 0.05) is 37.9 Å². The minimum absolute atomic E-state index is 0.137. The molecule has 0 radical (unpaired) electrons. The second kappa shape index (κ2) is 19.8. The first-order chi connectivity index (χ1) is 22.1. The van der Waals surface area contributed by atoms with Crippen LogP contribution >= 0.6 is 11.8 Å². The molecule has 45 heavy (non-hydrogen) atoms. The number of aromatic nitrogens is 2. The van der Waals surface area contributed by atoms with E-state index < -0.39 is 11.9 Å². The van der Waals surface area contributed by atoms with Gasteiger partial charge < -0.3 is 25.4 Å². The number of thioether (sulfide) groups is 1. The Labute approximate surface area is 269 Å². The van der Waals surface area contributed by atoms with E-state index >= 15 is 0 Å². The first-order valence-corrected chi connectivity index (χ1v) is 16.9. The van der Waals surface area contributed by atoms with Crippen LogP contribution in [-0.4, -0.2) is 52.3 Å². The van der Waals surface area contributed by atoms with Crippen molar-refractivity contribution in [2.24, 2.45) is 0 Å². The van der Waals surface area contributed by atoms with Crippen LogP contribution in [0.4, 0.5) is 5.82 Å². The molecule has 0 bridgehead atoms. The molecule has 1 amide bonds. The van der Waals surface area contributed by atoms with Crippen LogP contribution in [0.15, 0.2) is 77.7 Å². The smallest absolute Gasteiger partial charge is 0.351 e. The van der Waals surface area contributed by atoms with Gasteiger partial charge in [0.25, 0.3) is 0 Å². The summed E-state index contributed by atoms with van der Waals surface area (Å²) >= 11 is 1.49. The molecule has 3 N–H and O–H groups in total. The van der Waals surface area contributed by atoms with E-state index in [1.165, 1.54) is 27.5 Å². The van der Waals surface area contributed by atoms with E-state index in [2.05, 4.69) is 45.2 Å². The molecule has 1 saturated heterocycles. The fourth-order valence-electron chi connectivity index (χ4n) is 4.88. The van der Waals surface area contributed by atoms with E-state index in [-0.39, 0.29) is 29.7 Å². The molecule has 1 aromatic heterocycles. The summed E-state index contributed by atoms with van der Waals surface area (Å²) in [6.45, 7) is 3.63. The second-order valence-corrected chi connectivity index (χ2v) is 12.2. The number of ether oxygens (including phenoxy) is 2. The average Bonchev–Trinajstić information content (AvgIpc) is 3.52. The van der Waals surface area contributed by atoms with Crippen LogP contribution in [-0.2, 0) is 32.2 Å². The normalized spacial score (nSPS) is 16.0. The summed E-state index contributed by atoms with van der Waals surface area (Å²) in [4.78, 5) is 41.2. The standard InChI is InChI=1S/C34H45N5O5S/c40-30(17-9-3-11-20-35-23-27-13-5-1-6-14-27)37-29-19-22-39(34(42)38-29)31-26-45-33(44-31)25-43-32(41)18-10-4-12-21-36-24-28-15-7-2-8-16-28/h1-2,5-8,13-16,19,22,31,33,35-36H,3-4,9-12,17-18,20-21,23-26H2,(H,37,38,40,42)/t31-,33+/m1/s1. The van der Waals surface area contributed by atoms with E-state index in [1.54, 1.807) is 12.3 Å². The third kappa shape index (κ3) is 13.2. The largest absolute Gasteiger partial charge is 0.462 e. The van der Waals surface area contributed by atoms with E-state index in [0.29, 0.717) is 18.6 Å². The molecule has 10 nitrogen and oxygen atoms in total. The zero-order chi connectivity index (χ0) is 31.5. The summed E-state index contributed by atoms with van der Waals surface area (Å²) < 4.78 is 12.7. The number of nitrogens with one attached hydrogen (secondary N) is 3. The summed E-state index contributed by atoms with van der Waals surface area (Å²) in [6.07, 6.45) is 7.24. The van der Waals surface area contributed by atoms with Gasteiger partial charge in [-0.05, 0) is 56.0 Å². The van der Waals surface area contributed by atoms with Crippen molar-refractivity contribution in [3.8, 4) is 0 Å². The summed E-state index contributed by atoms with van der Waals surface area (Å²) in [7, 11) is 0. The third-order valence-corrected chi connectivity index (χ3v) is 8.45. The minimum Gasteiger partial charge on any atom is -0.462 e. The number of rotatable bonds is 20. The molecule has 2 heterocycles. The SMILES string of the molecule is O=C(CCCCCNCc1ccccc1)Nc1ccn([C@H]2CS[C@@H](COC(=O)CCCCCNCc3ccccc3)O2)c(=O)n1. The summed E-state index contributed by atoms with van der Waals surface area (Å²) in [5.41, 5.74) is 1.67. The summed E-state index contributed by atoms with van der Waals surface area (Å²) in [5.74, 6) is 0.365. The first-order valence-electron chi connectivity index (χ1n) is 15.9. The van der Waals surface area contributed by atoms with Crippen LogP contribution in [0.25, 0.3) is 0 Å². The molecule has 3 aromatic rings. The number of hydrogen-bond acceptors (Lipinski definition) is 9. The number of esters is 1. The van der Waals surface area contributed by atoms with Crippen molar-refractivity contribution in [3.63, 3.8) is 0 Å². The molecule has 1 aliphatic heterocycles. The molecule has 2 atom stereocenters. The number of unbranched alkanes of at least 4 members (excludes halogenated alkanes) is 4. The molecule has 0 spiro atoms. The quantitative estimate of drug-likeness (QED) is 0.116. The molecular weight excluding hydrogens is 590 g/mol. The molecular formula is C34H45N5O5S. The summed E-state index contributed by atoms with van der Waals surface area (Å²) in [6, 6.07) is 22.1. The Balaban J connectivity index is 1.03. The molecule has 0 aliphatic carbocycles. The lowest BCUT2D eigenvalue weighted by Gasteiger charge is -2.15. The van der Waals surface area contributed by atoms with E-state index in [4.69, 9.17) is 9.47 Å². The van der Waals surface area contributed by atoms with Gasteiger partial charge in [-0.15, -0.1) is 11.8 Å². The lowest BCUT2D eigenvalue weighted by molar-refractivity contribution is -0.147. The van der Waals surface area contributed by atoms with Gasteiger partial charge in [0.2, 0.25) is 5.91 Å². The Morgan fingerprint density at radius 3 is 2.09 bits per heavy atom. The van der Waals surface area contributed by atoms with Gasteiger partial charge in [0.15, 0.2) is 0 Å². The van der Waals surface area contributed by atoms with E-state index in [9.17, 15) is 14.4 Å². The van der Waals surface area contributed by atoms with Crippen molar-refractivity contribution < 1.29 is 19.1 Å². The van der Waals surface area contributed by atoms with Crippen molar-refractivity contribution in [1.29, 1.82) is 0 Å². The minimum atomic E-state index is -0.512. The molecule has 11 heteroatoms. The van der Waals surface area contributed by atoms with Crippen molar-refractivity contribution in [1.82, 2.24) is 20.2 Å². The second-order valence-electron chi connectivity index (χ2n) is 11.0. The fourth-order valence-corrected chi connectivity index (χ4v) is 5.87. The van der Waals surface area contributed by atoms with Gasteiger partial charge in [0.1, 0.15) is 24.1 Å². The molecule has 1 fully saturated rings. The Bertz CT molecular complexity index is 1360. The summed E-state index contributed by atoms with van der Waals surface area (Å²) in [5, 5.41) is 9.55. The monoisotopic (exact) mass is 635 g/mol. The van der Waals surface area contributed by atoms with Gasteiger partial charge in [-0.25, -0.2) is 4.79 Å². The number of nitrogens with zero attached hydrogens (tertiary/aromatic N) is 2. The molecule has 0 unspecified atom stereocenters. The highest BCUT2D eigenvalue weighted by molar-refractivity contribution is 8.00. The lowest BCUT2D eigenvalue weighted by atomic mass is 10.2. The van der Waals surface area contributed by atoms with Crippen molar-refractivity contribution in [2.75, 3.05) is 30.8 Å². The van der Waals surface area contributed by atoms with Crippen LogP contribution in [0.1, 0.15) is 68.7 Å². The number of benzene rings is 2. The zero-order valence-electron chi connectivity index (χ0n) is 25.8. The predicted octanol–water partition coefficient (Wildman–Crippen LogP) is 5.01. The molecule has 2 aromatic carbocycles. The van der Waals surface area contributed by atoms with Crippen molar-refractivity contribution in [3.05, 3.63) is 94.5 Å². The molecule has 4 rings (SSSR count). The van der Waals surface area contributed by atoms with Gasteiger partial charge in [-0.2, -0.15) is 4.98 Å². The Morgan fingerprint density at radius 2 is 1.47 bits per heavy atom. The third-order valence-electron chi connectivity index (χ3n) is 7.36. The zero-order valence-corrected chi connectivity index (χ0v) is 26.6. The first kappa shape index (κ1) is 34.4. The molecule has 0 saturated carbocycles. The number of anilines is 1. The maximum Gasteiger partial charge on any atom is 0.351 e. The topological polar surface area (TPSA) is 124 Å².